The lowest BCUT2D eigenvalue weighted by Crippen LogP contribution is -2.20. The van der Waals surface area contributed by atoms with E-state index >= 15 is 0 Å². The summed E-state index contributed by atoms with van der Waals surface area (Å²) in [5, 5.41) is 18.9. The molecule has 4 N–H and O–H groups in total. The molecule has 0 spiro atoms. The van der Waals surface area contributed by atoms with E-state index in [1.54, 1.807) is 12.1 Å². The van der Waals surface area contributed by atoms with Gasteiger partial charge >= 0.3 is 0 Å². The fourth-order valence-corrected chi connectivity index (χ4v) is 2.23. The van der Waals surface area contributed by atoms with Crippen LogP contribution in [0, 0.1) is 4.77 Å². The Morgan fingerprint density at radius 3 is 2.71 bits per heavy atom. The van der Waals surface area contributed by atoms with Crippen molar-refractivity contribution < 1.29 is 9.90 Å². The first kappa shape index (κ1) is 17.9. The molecular weight excluding hydrogens is 328 g/mol. The van der Waals surface area contributed by atoms with Crippen molar-refractivity contribution in [2.24, 2.45) is 0 Å². The van der Waals surface area contributed by atoms with Crippen LogP contribution in [0.1, 0.15) is 38.4 Å². The van der Waals surface area contributed by atoms with Crippen LogP contribution < -0.4 is 10.9 Å². The summed E-state index contributed by atoms with van der Waals surface area (Å²) in [6, 6.07) is 5.12. The van der Waals surface area contributed by atoms with Gasteiger partial charge in [0.05, 0.1) is 5.69 Å². The molecule has 1 amide bonds. The van der Waals surface area contributed by atoms with Gasteiger partial charge < -0.3 is 10.4 Å². The number of nitrogens with one attached hydrogen (secondary N) is 3. The number of rotatable bonds is 4. The number of aryl methyl sites for hydroxylation is 1. The van der Waals surface area contributed by atoms with Crippen LogP contribution in [0.2, 0.25) is 0 Å². The normalized spacial score (nSPS) is 11.3. The fourth-order valence-electron chi connectivity index (χ4n) is 2.09. The van der Waals surface area contributed by atoms with Crippen molar-refractivity contribution in [3.05, 3.63) is 44.6 Å². The standard InChI is InChI=1S/C16H20N4O3S/c1-16(2,3)9-4-6-12(21)11(8-9)17-13(22)7-5-10-14(23)18-15(24)20-19-10/h4,6,8,21H,5,7H2,1-3H3,(H,17,22)(H2,18,20,23,24). The number of carbonyl (C=O) groups excluding carboxylic acids is 1. The number of H-pyrrole nitrogens is 2. The number of aromatic hydroxyl groups is 1. The Bertz CT molecular complexity index is 865. The van der Waals surface area contributed by atoms with E-state index in [4.69, 9.17) is 12.2 Å². The van der Waals surface area contributed by atoms with Crippen LogP contribution >= 0.6 is 12.2 Å². The van der Waals surface area contributed by atoms with Crippen LogP contribution in [0.25, 0.3) is 0 Å². The first-order valence-electron chi connectivity index (χ1n) is 7.48. The average molecular weight is 348 g/mol. The second-order valence-corrected chi connectivity index (χ2v) is 6.89. The van der Waals surface area contributed by atoms with Crippen LogP contribution in [0.15, 0.2) is 23.0 Å². The zero-order chi connectivity index (χ0) is 17.9. The molecule has 0 atom stereocenters. The molecular formula is C16H20N4O3S. The smallest absolute Gasteiger partial charge is 0.273 e. The molecule has 1 aromatic carbocycles. The van der Waals surface area contributed by atoms with E-state index in [1.807, 2.05) is 26.8 Å². The third kappa shape index (κ3) is 4.51. The van der Waals surface area contributed by atoms with E-state index in [0.717, 1.165) is 5.56 Å². The molecule has 7 nitrogen and oxygen atoms in total. The van der Waals surface area contributed by atoms with Gasteiger partial charge in [-0.05, 0) is 35.3 Å². The van der Waals surface area contributed by atoms with Crippen molar-refractivity contribution in [2.45, 2.75) is 39.0 Å². The van der Waals surface area contributed by atoms with Gasteiger partial charge in [-0.2, -0.15) is 5.10 Å². The van der Waals surface area contributed by atoms with E-state index < -0.39 is 5.56 Å². The number of hydrogen-bond donors (Lipinski definition) is 4. The lowest BCUT2D eigenvalue weighted by molar-refractivity contribution is -0.116. The predicted molar refractivity (Wildman–Crippen MR) is 93.8 cm³/mol. The molecule has 0 radical (unpaired) electrons. The van der Waals surface area contributed by atoms with Crippen LogP contribution in [-0.2, 0) is 16.6 Å². The molecule has 0 saturated heterocycles. The maximum absolute atomic E-state index is 12.1. The first-order valence-corrected chi connectivity index (χ1v) is 7.89. The van der Waals surface area contributed by atoms with E-state index in [0.29, 0.717) is 5.69 Å². The predicted octanol–water partition coefficient (Wildman–Crippen LogP) is 2.40. The number of phenols is 1. The number of aromatic nitrogens is 3. The summed E-state index contributed by atoms with van der Waals surface area (Å²) in [4.78, 5) is 26.1. The lowest BCUT2D eigenvalue weighted by Gasteiger charge is -2.20. The zero-order valence-corrected chi connectivity index (χ0v) is 14.6. The Kier molecular flexibility index (Phi) is 5.18. The summed E-state index contributed by atoms with van der Waals surface area (Å²) in [7, 11) is 0. The average Bonchev–Trinajstić information content (AvgIpc) is 2.47. The second kappa shape index (κ2) is 6.96. The number of hydrogen-bond acceptors (Lipinski definition) is 5. The molecule has 1 heterocycles. The Balaban J connectivity index is 2.07. The zero-order valence-electron chi connectivity index (χ0n) is 13.8. The fraction of sp³-hybridized carbons (Fsp3) is 0.375. The summed E-state index contributed by atoms with van der Waals surface area (Å²) in [5.74, 6) is -0.323. The summed E-state index contributed by atoms with van der Waals surface area (Å²) in [6.45, 7) is 6.13. The molecule has 0 bridgehead atoms. The second-order valence-electron chi connectivity index (χ2n) is 6.48. The van der Waals surface area contributed by atoms with Gasteiger partial charge in [-0.1, -0.05) is 26.8 Å². The quantitative estimate of drug-likeness (QED) is 0.501. The molecule has 0 aliphatic rings. The van der Waals surface area contributed by atoms with Gasteiger partial charge in [0, 0.05) is 12.8 Å². The maximum Gasteiger partial charge on any atom is 0.273 e. The van der Waals surface area contributed by atoms with E-state index in [1.165, 1.54) is 0 Å². The van der Waals surface area contributed by atoms with E-state index in [9.17, 15) is 14.7 Å². The van der Waals surface area contributed by atoms with E-state index in [2.05, 4.69) is 20.5 Å². The van der Waals surface area contributed by atoms with Crippen molar-refractivity contribution in [1.82, 2.24) is 15.2 Å². The van der Waals surface area contributed by atoms with Gasteiger partial charge in [-0.3, -0.25) is 19.7 Å². The van der Waals surface area contributed by atoms with Crippen molar-refractivity contribution in [2.75, 3.05) is 5.32 Å². The SMILES string of the molecule is CC(C)(C)c1ccc(O)c(NC(=O)CCc2n[nH]c(=S)[nH]c2=O)c1. The molecule has 0 aliphatic heterocycles. The molecule has 0 saturated carbocycles. The number of anilines is 1. The molecule has 128 valence electrons. The summed E-state index contributed by atoms with van der Waals surface area (Å²) in [5.41, 5.74) is 1.02. The molecule has 1 aromatic heterocycles. The van der Waals surface area contributed by atoms with Crippen molar-refractivity contribution in [1.29, 1.82) is 0 Å². The highest BCUT2D eigenvalue weighted by atomic mass is 32.1. The van der Waals surface area contributed by atoms with Gasteiger partial charge in [-0.25, -0.2) is 0 Å². The Labute approximate surface area is 144 Å². The topological polar surface area (TPSA) is 111 Å². The molecule has 0 fully saturated rings. The summed E-state index contributed by atoms with van der Waals surface area (Å²) < 4.78 is 0.136. The van der Waals surface area contributed by atoms with Crippen LogP contribution in [0.5, 0.6) is 5.75 Å². The number of benzene rings is 1. The highest BCUT2D eigenvalue weighted by Crippen LogP contribution is 2.30. The van der Waals surface area contributed by atoms with Gasteiger partial charge in [0.2, 0.25) is 5.91 Å². The minimum absolute atomic E-state index is 0.00360. The molecule has 2 rings (SSSR count). The first-order chi connectivity index (χ1) is 11.2. The third-order valence-corrected chi connectivity index (χ3v) is 3.70. The Morgan fingerprint density at radius 2 is 2.08 bits per heavy atom. The highest BCUT2D eigenvalue weighted by Gasteiger charge is 2.16. The number of carbonyl (C=O) groups is 1. The van der Waals surface area contributed by atoms with Crippen LogP contribution in [0.4, 0.5) is 5.69 Å². The number of amides is 1. The Hall–Kier alpha value is -2.48. The minimum atomic E-state index is -0.413. The molecule has 0 aliphatic carbocycles. The molecule has 0 unspecified atom stereocenters. The lowest BCUT2D eigenvalue weighted by atomic mass is 9.87. The van der Waals surface area contributed by atoms with Gasteiger partial charge in [0.25, 0.3) is 5.56 Å². The third-order valence-electron chi connectivity index (χ3n) is 3.51. The van der Waals surface area contributed by atoms with Gasteiger partial charge in [0.1, 0.15) is 11.4 Å². The van der Waals surface area contributed by atoms with Gasteiger partial charge in [-0.15, -0.1) is 0 Å². The maximum atomic E-state index is 12.1. The van der Waals surface area contributed by atoms with Crippen molar-refractivity contribution >= 4 is 23.8 Å². The number of nitrogens with zero attached hydrogens (tertiary/aromatic N) is 1. The molecule has 8 heteroatoms. The largest absolute Gasteiger partial charge is 0.506 e. The summed E-state index contributed by atoms with van der Waals surface area (Å²) in [6.07, 6.45) is 0.215. The minimum Gasteiger partial charge on any atom is -0.506 e. The Morgan fingerprint density at radius 1 is 1.38 bits per heavy atom. The number of aromatic amines is 2. The number of phenolic OH excluding ortho intramolecular Hbond substituents is 1. The van der Waals surface area contributed by atoms with E-state index in [-0.39, 0.29) is 40.4 Å². The molecule has 2 aromatic rings. The summed E-state index contributed by atoms with van der Waals surface area (Å²) >= 11 is 4.76. The van der Waals surface area contributed by atoms with Crippen molar-refractivity contribution in [3.63, 3.8) is 0 Å². The van der Waals surface area contributed by atoms with Crippen LogP contribution in [0.3, 0.4) is 0 Å². The van der Waals surface area contributed by atoms with Crippen molar-refractivity contribution in [3.8, 4) is 5.75 Å². The molecule has 24 heavy (non-hydrogen) atoms. The highest BCUT2D eigenvalue weighted by molar-refractivity contribution is 7.71. The monoisotopic (exact) mass is 348 g/mol. The van der Waals surface area contributed by atoms with Gasteiger partial charge in [0.15, 0.2) is 4.77 Å². The van der Waals surface area contributed by atoms with Crippen LogP contribution in [-0.4, -0.2) is 26.2 Å².